The summed E-state index contributed by atoms with van der Waals surface area (Å²) in [5.74, 6) is 0.856. The predicted octanol–water partition coefficient (Wildman–Crippen LogP) is 2.76. The van der Waals surface area contributed by atoms with Crippen LogP contribution in [0.1, 0.15) is 31.7 Å². The summed E-state index contributed by atoms with van der Waals surface area (Å²) >= 11 is 0. The Morgan fingerprint density at radius 2 is 1.88 bits per heavy atom. The first kappa shape index (κ1) is 14.0. The van der Waals surface area contributed by atoms with Crippen molar-refractivity contribution in [3.63, 3.8) is 0 Å². The molecule has 0 spiro atoms. The van der Waals surface area contributed by atoms with Crippen LogP contribution in [-0.4, -0.2) is 24.9 Å². The van der Waals surface area contributed by atoms with Crippen molar-refractivity contribution >= 4 is 0 Å². The van der Waals surface area contributed by atoms with Crippen LogP contribution in [0.5, 0.6) is 5.75 Å². The maximum absolute atomic E-state index is 8.93. The van der Waals surface area contributed by atoms with Crippen LogP contribution in [0.3, 0.4) is 0 Å². The van der Waals surface area contributed by atoms with Gasteiger partial charge in [-0.1, -0.05) is 25.5 Å². The number of methoxy groups -OCH3 is 1. The van der Waals surface area contributed by atoms with Crippen molar-refractivity contribution < 1.29 is 14.6 Å². The number of benzene rings is 1. The highest BCUT2D eigenvalue weighted by atomic mass is 16.5. The minimum absolute atomic E-state index is 0.159. The largest absolute Gasteiger partial charge is 0.497 e. The standard InChI is InChI=1S/C14H22O3/c1-3-4-14(9-10-15)17-11-12-5-7-13(16-2)8-6-12/h5-8,14-15H,3-4,9-11H2,1-2H3/t14-/m0/s1. The second kappa shape index (κ2) is 8.09. The van der Waals surface area contributed by atoms with E-state index in [1.54, 1.807) is 7.11 Å². The number of rotatable bonds is 8. The normalized spacial score (nSPS) is 12.4. The molecule has 1 N–H and O–H groups in total. The molecule has 0 aliphatic carbocycles. The van der Waals surface area contributed by atoms with Crippen molar-refractivity contribution in [2.24, 2.45) is 0 Å². The molecule has 0 saturated heterocycles. The van der Waals surface area contributed by atoms with Gasteiger partial charge in [-0.3, -0.25) is 0 Å². The Morgan fingerprint density at radius 3 is 2.41 bits per heavy atom. The zero-order chi connectivity index (χ0) is 12.5. The van der Waals surface area contributed by atoms with Crippen molar-refractivity contribution in [3.8, 4) is 5.75 Å². The fraction of sp³-hybridized carbons (Fsp3) is 0.571. The van der Waals surface area contributed by atoms with Crippen LogP contribution in [0.4, 0.5) is 0 Å². The molecule has 0 bridgehead atoms. The van der Waals surface area contributed by atoms with Gasteiger partial charge in [0.05, 0.1) is 19.8 Å². The molecule has 0 amide bonds. The molecule has 0 fully saturated rings. The lowest BCUT2D eigenvalue weighted by Crippen LogP contribution is -2.14. The molecule has 1 aromatic rings. The molecule has 0 aliphatic heterocycles. The van der Waals surface area contributed by atoms with Crippen molar-refractivity contribution in [1.29, 1.82) is 0 Å². The van der Waals surface area contributed by atoms with Gasteiger partial charge >= 0.3 is 0 Å². The summed E-state index contributed by atoms with van der Waals surface area (Å²) < 4.78 is 10.9. The number of aliphatic hydroxyl groups excluding tert-OH is 1. The second-order valence-corrected chi connectivity index (χ2v) is 4.08. The summed E-state index contributed by atoms with van der Waals surface area (Å²) in [7, 11) is 1.66. The van der Waals surface area contributed by atoms with E-state index in [9.17, 15) is 0 Å². The van der Waals surface area contributed by atoms with Gasteiger partial charge in [0, 0.05) is 6.61 Å². The van der Waals surface area contributed by atoms with Gasteiger partial charge < -0.3 is 14.6 Å². The van der Waals surface area contributed by atoms with E-state index in [1.807, 2.05) is 24.3 Å². The number of hydrogen-bond acceptors (Lipinski definition) is 3. The summed E-state index contributed by atoms with van der Waals surface area (Å²) in [6.07, 6.45) is 2.95. The summed E-state index contributed by atoms with van der Waals surface area (Å²) in [6, 6.07) is 7.86. The SMILES string of the molecule is CCC[C@@H](CCO)OCc1ccc(OC)cc1. The topological polar surface area (TPSA) is 38.7 Å². The third kappa shape index (κ3) is 5.20. The van der Waals surface area contributed by atoms with E-state index in [2.05, 4.69) is 6.92 Å². The van der Waals surface area contributed by atoms with Crippen LogP contribution in [-0.2, 0) is 11.3 Å². The van der Waals surface area contributed by atoms with E-state index in [-0.39, 0.29) is 12.7 Å². The number of aliphatic hydroxyl groups is 1. The van der Waals surface area contributed by atoms with E-state index in [1.165, 1.54) is 0 Å². The highest BCUT2D eigenvalue weighted by Gasteiger charge is 2.07. The molecule has 3 heteroatoms. The van der Waals surface area contributed by atoms with E-state index >= 15 is 0 Å². The summed E-state index contributed by atoms with van der Waals surface area (Å²) in [5.41, 5.74) is 1.13. The maximum Gasteiger partial charge on any atom is 0.118 e. The van der Waals surface area contributed by atoms with Crippen LogP contribution in [0.25, 0.3) is 0 Å². The van der Waals surface area contributed by atoms with Gasteiger partial charge in [0.15, 0.2) is 0 Å². The third-order valence-electron chi connectivity index (χ3n) is 2.71. The molecule has 0 heterocycles. The van der Waals surface area contributed by atoms with Crippen LogP contribution in [0.15, 0.2) is 24.3 Å². The van der Waals surface area contributed by atoms with E-state index in [4.69, 9.17) is 14.6 Å². The third-order valence-corrected chi connectivity index (χ3v) is 2.71. The van der Waals surface area contributed by atoms with Gasteiger partial charge in [-0.15, -0.1) is 0 Å². The lowest BCUT2D eigenvalue weighted by atomic mass is 10.1. The summed E-state index contributed by atoms with van der Waals surface area (Å²) in [5, 5.41) is 8.93. The number of ether oxygens (including phenoxy) is 2. The Bertz CT molecular complexity index is 289. The average molecular weight is 238 g/mol. The molecule has 1 aromatic carbocycles. The monoisotopic (exact) mass is 238 g/mol. The molecule has 1 atom stereocenters. The summed E-state index contributed by atoms with van der Waals surface area (Å²) in [6.45, 7) is 2.91. The first-order valence-corrected chi connectivity index (χ1v) is 6.15. The maximum atomic E-state index is 8.93. The fourth-order valence-electron chi connectivity index (χ4n) is 1.71. The van der Waals surface area contributed by atoms with Crippen LogP contribution >= 0.6 is 0 Å². The molecule has 0 unspecified atom stereocenters. The van der Waals surface area contributed by atoms with Crippen LogP contribution < -0.4 is 4.74 Å². The minimum Gasteiger partial charge on any atom is -0.497 e. The highest BCUT2D eigenvalue weighted by molar-refractivity contribution is 5.26. The Kier molecular flexibility index (Phi) is 6.67. The molecular weight excluding hydrogens is 216 g/mol. The molecule has 96 valence electrons. The second-order valence-electron chi connectivity index (χ2n) is 4.08. The quantitative estimate of drug-likeness (QED) is 0.757. The van der Waals surface area contributed by atoms with Crippen molar-refractivity contribution in [2.45, 2.75) is 38.9 Å². The minimum atomic E-state index is 0.159. The zero-order valence-electron chi connectivity index (χ0n) is 10.7. The molecule has 0 aromatic heterocycles. The van der Waals surface area contributed by atoms with Gasteiger partial charge in [0.1, 0.15) is 5.75 Å². The molecular formula is C14H22O3. The number of hydrogen-bond donors (Lipinski definition) is 1. The first-order chi connectivity index (χ1) is 8.30. The lowest BCUT2D eigenvalue weighted by Gasteiger charge is -2.16. The van der Waals surface area contributed by atoms with Crippen LogP contribution in [0, 0.1) is 0 Å². The predicted molar refractivity (Wildman–Crippen MR) is 68.2 cm³/mol. The highest BCUT2D eigenvalue weighted by Crippen LogP contribution is 2.14. The van der Waals surface area contributed by atoms with E-state index in [0.29, 0.717) is 13.0 Å². The molecule has 0 saturated carbocycles. The summed E-state index contributed by atoms with van der Waals surface area (Å²) in [4.78, 5) is 0. The van der Waals surface area contributed by atoms with E-state index in [0.717, 1.165) is 24.2 Å². The molecule has 17 heavy (non-hydrogen) atoms. The average Bonchev–Trinajstić information content (AvgIpc) is 2.37. The van der Waals surface area contributed by atoms with Crippen molar-refractivity contribution in [3.05, 3.63) is 29.8 Å². The van der Waals surface area contributed by atoms with Gasteiger partial charge in [-0.25, -0.2) is 0 Å². The van der Waals surface area contributed by atoms with Gasteiger partial charge in [-0.2, -0.15) is 0 Å². The first-order valence-electron chi connectivity index (χ1n) is 6.15. The zero-order valence-corrected chi connectivity index (χ0v) is 10.7. The van der Waals surface area contributed by atoms with Crippen LogP contribution in [0.2, 0.25) is 0 Å². The fourth-order valence-corrected chi connectivity index (χ4v) is 1.71. The van der Waals surface area contributed by atoms with Gasteiger partial charge in [0.2, 0.25) is 0 Å². The molecule has 0 radical (unpaired) electrons. The lowest BCUT2D eigenvalue weighted by molar-refractivity contribution is 0.0186. The Hall–Kier alpha value is -1.06. The Labute approximate surface area is 103 Å². The molecule has 1 rings (SSSR count). The molecule has 0 aliphatic rings. The molecule has 3 nitrogen and oxygen atoms in total. The van der Waals surface area contributed by atoms with Gasteiger partial charge in [0.25, 0.3) is 0 Å². The van der Waals surface area contributed by atoms with Crippen molar-refractivity contribution in [1.82, 2.24) is 0 Å². The smallest absolute Gasteiger partial charge is 0.118 e. The Morgan fingerprint density at radius 1 is 1.18 bits per heavy atom. The van der Waals surface area contributed by atoms with E-state index < -0.39 is 0 Å². The van der Waals surface area contributed by atoms with Crippen molar-refractivity contribution in [2.75, 3.05) is 13.7 Å². The Balaban J connectivity index is 2.41. The van der Waals surface area contributed by atoms with Gasteiger partial charge in [-0.05, 0) is 30.5 Å².